The van der Waals surface area contributed by atoms with Gasteiger partial charge in [-0.25, -0.2) is 13.6 Å². The van der Waals surface area contributed by atoms with Crippen LogP contribution in [0.1, 0.15) is 52.9 Å². The van der Waals surface area contributed by atoms with Crippen LogP contribution in [0.3, 0.4) is 0 Å². The highest BCUT2D eigenvalue weighted by Crippen LogP contribution is 2.71. The van der Waals surface area contributed by atoms with Gasteiger partial charge in [0.05, 0.1) is 19.1 Å². The van der Waals surface area contributed by atoms with Gasteiger partial charge in [0.25, 0.3) is 0 Å². The van der Waals surface area contributed by atoms with Crippen molar-refractivity contribution < 1.29 is 47.3 Å². The summed E-state index contributed by atoms with van der Waals surface area (Å²) in [7, 11) is 1.09. The van der Waals surface area contributed by atoms with E-state index < -0.39 is 82.4 Å². The fraction of sp³-hybridized carbons (Fsp3) is 0.714. The van der Waals surface area contributed by atoms with Crippen LogP contribution in [0.25, 0.3) is 0 Å². The Morgan fingerprint density at radius 1 is 1.16 bits per heavy atom. The van der Waals surface area contributed by atoms with Gasteiger partial charge in [0.2, 0.25) is 5.78 Å². The van der Waals surface area contributed by atoms with Gasteiger partial charge in [-0.05, 0) is 62.7 Å². The molecule has 0 radical (unpaired) electrons. The number of carbonyl (C=O) groups excluding carboxylic acids is 4. The molecule has 0 spiro atoms. The number of aliphatic hydroxyl groups is 1. The van der Waals surface area contributed by atoms with Crippen molar-refractivity contribution in [2.24, 2.45) is 34.5 Å². The highest BCUT2D eigenvalue weighted by Gasteiger charge is 2.78. The van der Waals surface area contributed by atoms with Crippen LogP contribution in [-0.4, -0.2) is 66.1 Å². The van der Waals surface area contributed by atoms with Crippen LogP contribution in [0.15, 0.2) is 23.8 Å². The second-order valence-corrected chi connectivity index (χ2v) is 12.1. The molecule has 10 heteroatoms. The van der Waals surface area contributed by atoms with E-state index >= 15 is 8.78 Å². The monoisotopic (exact) mass is 536 g/mol. The minimum atomic E-state index is -2.34. The van der Waals surface area contributed by atoms with Crippen molar-refractivity contribution in [3.05, 3.63) is 23.8 Å². The van der Waals surface area contributed by atoms with Crippen LogP contribution in [0.4, 0.5) is 13.6 Å². The van der Waals surface area contributed by atoms with E-state index in [0.717, 1.165) is 13.2 Å². The molecule has 5 aliphatic carbocycles. The molecule has 38 heavy (non-hydrogen) atoms. The van der Waals surface area contributed by atoms with Gasteiger partial charge < -0.3 is 19.3 Å². The van der Waals surface area contributed by atoms with E-state index in [1.54, 1.807) is 13.8 Å². The molecule has 0 aromatic carbocycles. The van der Waals surface area contributed by atoms with Gasteiger partial charge in [0.15, 0.2) is 23.7 Å². The Morgan fingerprint density at radius 2 is 1.84 bits per heavy atom. The van der Waals surface area contributed by atoms with E-state index in [-0.39, 0.29) is 30.8 Å². The third kappa shape index (κ3) is 3.41. The van der Waals surface area contributed by atoms with Crippen LogP contribution in [0.2, 0.25) is 0 Å². The molecule has 9 atom stereocenters. The van der Waals surface area contributed by atoms with E-state index in [2.05, 4.69) is 0 Å². The fourth-order valence-corrected chi connectivity index (χ4v) is 8.25. The normalized spacial score (nSPS) is 45.3. The quantitative estimate of drug-likeness (QED) is 0.530. The number of hydrogen-bond donors (Lipinski definition) is 1. The number of esters is 1. The van der Waals surface area contributed by atoms with E-state index in [1.165, 1.54) is 19.1 Å². The molecule has 0 aromatic heterocycles. The Morgan fingerprint density at radius 3 is 2.47 bits per heavy atom. The number of carbonyl (C=O) groups is 4. The fourth-order valence-electron chi connectivity index (χ4n) is 8.25. The van der Waals surface area contributed by atoms with E-state index in [9.17, 15) is 24.3 Å². The topological polar surface area (TPSA) is 116 Å². The maximum atomic E-state index is 17.4. The van der Waals surface area contributed by atoms with Crippen LogP contribution >= 0.6 is 0 Å². The van der Waals surface area contributed by atoms with Crippen molar-refractivity contribution in [1.29, 1.82) is 0 Å². The molecule has 1 N–H and O–H groups in total. The first-order valence-corrected chi connectivity index (χ1v) is 13.2. The molecular formula is C28H34F2O8. The summed E-state index contributed by atoms with van der Waals surface area (Å²) in [4.78, 5) is 50.6. The third-order valence-electron chi connectivity index (χ3n) is 10.3. The summed E-state index contributed by atoms with van der Waals surface area (Å²) in [6.45, 7) is 4.17. The molecule has 0 heterocycles. The van der Waals surface area contributed by atoms with E-state index in [4.69, 9.17) is 14.2 Å². The number of hydrogen-bond acceptors (Lipinski definition) is 8. The number of halogens is 2. The number of alkyl halides is 2. The summed E-state index contributed by atoms with van der Waals surface area (Å²) in [6, 6.07) is 0. The first-order valence-electron chi connectivity index (χ1n) is 13.2. The Hall–Kier alpha value is -2.62. The average Bonchev–Trinajstić information content (AvgIpc) is 3.69. The summed E-state index contributed by atoms with van der Waals surface area (Å²) in [5.74, 6) is -4.30. The molecule has 0 aliphatic heterocycles. The maximum absolute atomic E-state index is 17.4. The van der Waals surface area contributed by atoms with Crippen molar-refractivity contribution in [3.63, 3.8) is 0 Å². The van der Waals surface area contributed by atoms with Crippen LogP contribution in [-0.2, 0) is 28.6 Å². The second-order valence-electron chi connectivity index (χ2n) is 12.1. The smallest absolute Gasteiger partial charge is 0.457 e. The lowest BCUT2D eigenvalue weighted by atomic mass is 9.44. The number of ketones is 2. The Bertz CT molecular complexity index is 1150. The van der Waals surface area contributed by atoms with Crippen molar-refractivity contribution >= 4 is 23.7 Å². The Labute approximate surface area is 219 Å². The molecule has 4 saturated carbocycles. The third-order valence-corrected chi connectivity index (χ3v) is 10.3. The number of rotatable bonds is 5. The van der Waals surface area contributed by atoms with Crippen LogP contribution in [0, 0.1) is 34.5 Å². The zero-order valence-corrected chi connectivity index (χ0v) is 22.0. The zero-order valence-electron chi connectivity index (χ0n) is 22.0. The van der Waals surface area contributed by atoms with Crippen molar-refractivity contribution in [3.8, 4) is 0 Å². The Kier molecular flexibility index (Phi) is 6.17. The lowest BCUT2D eigenvalue weighted by Crippen LogP contribution is -2.71. The molecule has 5 aliphatic rings. The number of allylic oxidation sites excluding steroid dienone is 4. The molecule has 0 amide bonds. The van der Waals surface area contributed by atoms with Gasteiger partial charge in [-0.3, -0.25) is 14.4 Å². The van der Waals surface area contributed by atoms with Gasteiger partial charge in [0.1, 0.15) is 6.17 Å². The molecule has 4 fully saturated rings. The molecule has 0 aromatic rings. The number of ether oxygens (including phenoxy) is 3. The molecule has 208 valence electrons. The molecule has 5 rings (SSSR count). The van der Waals surface area contributed by atoms with Crippen molar-refractivity contribution in [1.82, 2.24) is 0 Å². The lowest BCUT2D eigenvalue weighted by molar-refractivity contribution is -0.226. The van der Waals surface area contributed by atoms with E-state index in [1.807, 2.05) is 0 Å². The van der Waals surface area contributed by atoms with Crippen LogP contribution < -0.4 is 0 Å². The average molecular weight is 537 g/mol. The standard InChI is InChI=1S/C28H34F2O8/c1-14-9-17-18-11-20(29)19-10-16(31)7-8-25(19,2)27(18,30)21(32)12-26(17,3)28(14,38-24(35)36-4)22(33)13-37-23(34)15-5-6-15/h7-8,10,14-15,17-18,20-21,32H,5-6,9,11-13H2,1-4H3/t14-,17+,18+,20+,21+,25+,26+,27+,28+/m1/s1. The van der Waals surface area contributed by atoms with Crippen molar-refractivity contribution in [2.75, 3.05) is 13.7 Å². The number of methoxy groups -OCH3 is 1. The SMILES string of the molecule is COC(=O)O[C@]1(C(=O)COC(=O)C2CC2)[C@H](C)C[C@H]2[C@@H]3C[C@H](F)C4=CC(=O)C=C[C@]4(C)[C@@]3(F)[C@@H](O)C[C@@]21C. The molecule has 8 nitrogen and oxygen atoms in total. The first kappa shape index (κ1) is 27.0. The first-order chi connectivity index (χ1) is 17.8. The van der Waals surface area contributed by atoms with Gasteiger partial charge in [-0.15, -0.1) is 0 Å². The predicted octanol–water partition coefficient (Wildman–Crippen LogP) is 3.60. The summed E-state index contributed by atoms with van der Waals surface area (Å²) in [6.07, 6.45) is 0.168. The molecular weight excluding hydrogens is 502 g/mol. The minimum Gasteiger partial charge on any atom is -0.457 e. The Balaban J connectivity index is 1.57. The highest BCUT2D eigenvalue weighted by atomic mass is 19.1. The van der Waals surface area contributed by atoms with Gasteiger partial charge >= 0.3 is 12.1 Å². The molecule has 0 saturated heterocycles. The van der Waals surface area contributed by atoms with Gasteiger partial charge in [-0.2, -0.15) is 0 Å². The highest BCUT2D eigenvalue weighted by molar-refractivity contribution is 6.01. The maximum Gasteiger partial charge on any atom is 0.509 e. The zero-order chi connectivity index (χ0) is 27.8. The predicted molar refractivity (Wildman–Crippen MR) is 128 cm³/mol. The van der Waals surface area contributed by atoms with Crippen molar-refractivity contribution in [2.45, 2.75) is 76.4 Å². The number of Topliss-reactive ketones (excluding diaryl/α,β-unsaturated/α-hetero) is 1. The number of fused-ring (bicyclic) bond motifs is 5. The molecule has 0 unspecified atom stereocenters. The van der Waals surface area contributed by atoms with Crippen LogP contribution in [0.5, 0.6) is 0 Å². The number of aliphatic hydroxyl groups excluding tert-OH is 1. The second kappa shape index (κ2) is 8.69. The van der Waals surface area contributed by atoms with E-state index in [0.29, 0.717) is 12.8 Å². The van der Waals surface area contributed by atoms with Gasteiger partial charge in [-0.1, -0.05) is 19.9 Å². The summed E-state index contributed by atoms with van der Waals surface area (Å²) >= 11 is 0. The largest absolute Gasteiger partial charge is 0.509 e. The lowest BCUT2D eigenvalue weighted by Gasteiger charge is -2.63. The summed E-state index contributed by atoms with van der Waals surface area (Å²) < 4.78 is 48.8. The minimum absolute atomic E-state index is 0.00223. The molecule has 0 bridgehead atoms. The van der Waals surface area contributed by atoms with Gasteiger partial charge in [0, 0.05) is 22.7 Å². The summed E-state index contributed by atoms with van der Waals surface area (Å²) in [5, 5.41) is 11.5. The summed E-state index contributed by atoms with van der Waals surface area (Å²) in [5.41, 5.74) is -7.15.